The third-order valence-electron chi connectivity index (χ3n) is 3.90. The monoisotopic (exact) mass is 288 g/mol. The molecule has 1 saturated heterocycles. The molecule has 1 rings (SSSR count). The topological polar surface area (TPSA) is 93.0 Å². The van der Waals surface area contributed by atoms with Crippen LogP contribution in [-0.4, -0.2) is 57.2 Å². The molecule has 1 aliphatic rings. The maximum Gasteiger partial charge on any atom is 0.245 e. The van der Waals surface area contributed by atoms with E-state index in [1.54, 1.807) is 6.92 Å². The summed E-state index contributed by atoms with van der Waals surface area (Å²) in [5, 5.41) is 32.7. The highest BCUT2D eigenvalue weighted by Gasteiger charge is 2.39. The van der Waals surface area contributed by atoms with Crippen molar-refractivity contribution in [3.63, 3.8) is 0 Å². The van der Waals surface area contributed by atoms with Gasteiger partial charge in [0.2, 0.25) is 5.91 Å². The van der Waals surface area contributed by atoms with Gasteiger partial charge in [0, 0.05) is 12.5 Å². The molecule has 20 heavy (non-hydrogen) atoms. The first-order chi connectivity index (χ1) is 9.47. The minimum atomic E-state index is -0.961. The zero-order valence-corrected chi connectivity index (χ0v) is 12.5. The summed E-state index contributed by atoms with van der Waals surface area (Å²) in [6.07, 6.45) is 3.71. The molecule has 1 fully saturated rings. The summed E-state index contributed by atoms with van der Waals surface area (Å²) in [7, 11) is 0. The minimum absolute atomic E-state index is 0.00361. The van der Waals surface area contributed by atoms with Gasteiger partial charge in [-0.3, -0.25) is 10.0 Å². The smallest absolute Gasteiger partial charge is 0.245 e. The van der Waals surface area contributed by atoms with Gasteiger partial charge in [-0.25, -0.2) is 5.06 Å². The van der Waals surface area contributed by atoms with Gasteiger partial charge in [-0.1, -0.05) is 32.6 Å². The Bertz CT molecular complexity index is 301. The van der Waals surface area contributed by atoms with Gasteiger partial charge >= 0.3 is 0 Å². The Balaban J connectivity index is 2.24. The van der Waals surface area contributed by atoms with Crippen LogP contribution in [0, 0.1) is 0 Å². The Kier molecular flexibility index (Phi) is 7.43. The van der Waals surface area contributed by atoms with Crippen molar-refractivity contribution in [1.82, 2.24) is 10.4 Å². The van der Waals surface area contributed by atoms with Crippen LogP contribution in [0.25, 0.3) is 0 Å². The van der Waals surface area contributed by atoms with Crippen molar-refractivity contribution < 1.29 is 20.2 Å². The SMILES string of the molecule is CCCCCCCC(=O)N(O)C[C@H]1N[C@@H](C)[C@@H](O)[C@@H]1O. The van der Waals surface area contributed by atoms with Crippen molar-refractivity contribution in [2.24, 2.45) is 0 Å². The first-order valence-corrected chi connectivity index (χ1v) is 7.58. The largest absolute Gasteiger partial charge is 0.389 e. The van der Waals surface area contributed by atoms with E-state index < -0.39 is 18.2 Å². The van der Waals surface area contributed by atoms with E-state index >= 15 is 0 Å². The van der Waals surface area contributed by atoms with Crippen molar-refractivity contribution in [2.45, 2.75) is 76.7 Å². The second kappa shape index (κ2) is 8.56. The van der Waals surface area contributed by atoms with Gasteiger partial charge in [0.25, 0.3) is 0 Å². The molecule has 0 unspecified atom stereocenters. The minimum Gasteiger partial charge on any atom is -0.389 e. The van der Waals surface area contributed by atoms with Crippen molar-refractivity contribution >= 4 is 5.91 Å². The van der Waals surface area contributed by atoms with Gasteiger partial charge < -0.3 is 15.5 Å². The summed E-state index contributed by atoms with van der Waals surface area (Å²) < 4.78 is 0. The van der Waals surface area contributed by atoms with E-state index in [9.17, 15) is 20.2 Å². The van der Waals surface area contributed by atoms with Gasteiger partial charge in [0.05, 0.1) is 24.8 Å². The third kappa shape index (κ3) is 5.01. The van der Waals surface area contributed by atoms with Crippen molar-refractivity contribution in [2.75, 3.05) is 6.54 Å². The number of aliphatic hydroxyl groups is 2. The average molecular weight is 288 g/mol. The molecule has 6 heteroatoms. The van der Waals surface area contributed by atoms with E-state index in [0.717, 1.165) is 25.7 Å². The van der Waals surface area contributed by atoms with Crippen LogP contribution in [0.2, 0.25) is 0 Å². The van der Waals surface area contributed by atoms with E-state index in [0.29, 0.717) is 11.5 Å². The zero-order valence-electron chi connectivity index (χ0n) is 12.5. The van der Waals surface area contributed by atoms with Crippen LogP contribution in [0.3, 0.4) is 0 Å². The molecular weight excluding hydrogens is 260 g/mol. The number of carbonyl (C=O) groups is 1. The Morgan fingerprint density at radius 2 is 1.80 bits per heavy atom. The van der Waals surface area contributed by atoms with Crippen LogP contribution in [0.5, 0.6) is 0 Å². The number of nitrogens with zero attached hydrogens (tertiary/aromatic N) is 1. The maximum atomic E-state index is 11.7. The summed E-state index contributed by atoms with van der Waals surface area (Å²) in [4.78, 5) is 11.7. The number of unbranched alkanes of at least 4 members (excludes halogenated alkanes) is 4. The summed E-state index contributed by atoms with van der Waals surface area (Å²) in [5.74, 6) is -0.329. The summed E-state index contributed by atoms with van der Waals surface area (Å²) in [5.41, 5.74) is 0. The van der Waals surface area contributed by atoms with Gasteiger partial charge in [0.1, 0.15) is 0 Å². The Morgan fingerprint density at radius 3 is 2.35 bits per heavy atom. The van der Waals surface area contributed by atoms with Gasteiger partial charge in [-0.15, -0.1) is 0 Å². The molecule has 6 nitrogen and oxygen atoms in total. The Morgan fingerprint density at radius 1 is 1.15 bits per heavy atom. The standard InChI is InChI=1S/C14H28N2O4/c1-3-4-5-6-7-8-12(17)16(20)9-11-14(19)13(18)10(2)15-11/h10-11,13-15,18-20H,3-9H2,1-2H3/t10-,11+,13+,14+/m0/s1. The lowest BCUT2D eigenvalue weighted by Crippen LogP contribution is -2.44. The van der Waals surface area contributed by atoms with E-state index in [4.69, 9.17) is 0 Å². The van der Waals surface area contributed by atoms with Gasteiger partial charge in [-0.05, 0) is 13.3 Å². The number of hydrogen-bond acceptors (Lipinski definition) is 5. The van der Waals surface area contributed by atoms with Crippen LogP contribution in [0.4, 0.5) is 0 Å². The first-order valence-electron chi connectivity index (χ1n) is 7.58. The molecule has 0 aromatic carbocycles. The molecule has 0 aromatic rings. The molecule has 0 radical (unpaired) electrons. The van der Waals surface area contributed by atoms with Gasteiger partial charge in [-0.2, -0.15) is 0 Å². The quantitative estimate of drug-likeness (QED) is 0.299. The maximum absolute atomic E-state index is 11.7. The first kappa shape index (κ1) is 17.4. The second-order valence-electron chi connectivity index (χ2n) is 5.68. The predicted molar refractivity (Wildman–Crippen MR) is 75.3 cm³/mol. The third-order valence-corrected chi connectivity index (χ3v) is 3.90. The van der Waals surface area contributed by atoms with Crippen LogP contribution >= 0.6 is 0 Å². The van der Waals surface area contributed by atoms with E-state index in [1.807, 2.05) is 0 Å². The lowest BCUT2D eigenvalue weighted by molar-refractivity contribution is -0.168. The molecular formula is C14H28N2O4. The molecule has 118 valence electrons. The highest BCUT2D eigenvalue weighted by Crippen LogP contribution is 2.15. The Labute approximate surface area is 120 Å². The lowest BCUT2D eigenvalue weighted by atomic mass is 10.1. The molecule has 4 atom stereocenters. The van der Waals surface area contributed by atoms with Crippen LogP contribution in [0.15, 0.2) is 0 Å². The average Bonchev–Trinajstić information content (AvgIpc) is 2.66. The second-order valence-corrected chi connectivity index (χ2v) is 5.68. The molecule has 0 aromatic heterocycles. The fourth-order valence-corrected chi connectivity index (χ4v) is 2.53. The van der Waals surface area contributed by atoms with Crippen LogP contribution in [-0.2, 0) is 4.79 Å². The number of nitrogens with one attached hydrogen (secondary N) is 1. The normalized spacial score (nSPS) is 29.6. The predicted octanol–water partition coefficient (Wildman–Crippen LogP) is 0.647. The van der Waals surface area contributed by atoms with Crippen molar-refractivity contribution in [3.05, 3.63) is 0 Å². The van der Waals surface area contributed by atoms with E-state index in [2.05, 4.69) is 12.2 Å². The Hall–Kier alpha value is -0.690. The summed E-state index contributed by atoms with van der Waals surface area (Å²) in [6, 6.07) is -0.735. The molecule has 1 heterocycles. The number of carbonyl (C=O) groups excluding carboxylic acids is 1. The fourth-order valence-electron chi connectivity index (χ4n) is 2.53. The zero-order chi connectivity index (χ0) is 15.1. The number of hydrogen-bond donors (Lipinski definition) is 4. The highest BCUT2D eigenvalue weighted by atomic mass is 16.5. The van der Waals surface area contributed by atoms with E-state index in [1.165, 1.54) is 6.42 Å². The van der Waals surface area contributed by atoms with E-state index in [-0.39, 0.29) is 18.5 Å². The fraction of sp³-hybridized carbons (Fsp3) is 0.929. The van der Waals surface area contributed by atoms with Gasteiger partial charge in [0.15, 0.2) is 0 Å². The number of hydroxylamine groups is 2. The number of amides is 1. The molecule has 0 bridgehead atoms. The number of rotatable bonds is 8. The van der Waals surface area contributed by atoms with Crippen LogP contribution in [0.1, 0.15) is 52.4 Å². The molecule has 4 N–H and O–H groups in total. The van der Waals surface area contributed by atoms with Crippen molar-refractivity contribution in [1.29, 1.82) is 0 Å². The molecule has 1 aliphatic heterocycles. The summed E-state index contributed by atoms with van der Waals surface area (Å²) >= 11 is 0. The molecule has 0 spiro atoms. The van der Waals surface area contributed by atoms with Crippen molar-refractivity contribution in [3.8, 4) is 0 Å². The van der Waals surface area contributed by atoms with Crippen LogP contribution < -0.4 is 5.32 Å². The number of aliphatic hydroxyl groups excluding tert-OH is 2. The molecule has 0 saturated carbocycles. The molecule has 0 aliphatic carbocycles. The highest BCUT2D eigenvalue weighted by molar-refractivity contribution is 5.74. The lowest BCUT2D eigenvalue weighted by Gasteiger charge is -2.22. The molecule has 1 amide bonds. The summed E-state index contributed by atoms with van der Waals surface area (Å²) in [6.45, 7) is 3.89.